The van der Waals surface area contributed by atoms with Gasteiger partial charge < -0.3 is 14.5 Å². The lowest BCUT2D eigenvalue weighted by atomic mass is 9.56. The molecule has 1 N–H and O–H groups in total. The average molecular weight is 368 g/mol. The van der Waals surface area contributed by atoms with Crippen LogP contribution in [0.3, 0.4) is 0 Å². The Kier molecular flexibility index (Phi) is 2.86. The molecule has 2 bridgehead atoms. The largest absolute Gasteiger partial charge is 0.469 e. The van der Waals surface area contributed by atoms with Crippen molar-refractivity contribution < 1.29 is 14.0 Å². The van der Waals surface area contributed by atoms with E-state index in [0.29, 0.717) is 12.0 Å². The van der Waals surface area contributed by atoms with Gasteiger partial charge in [0.1, 0.15) is 6.04 Å². The summed E-state index contributed by atoms with van der Waals surface area (Å²) >= 11 is 0. The van der Waals surface area contributed by atoms with Crippen LogP contribution in [0.5, 0.6) is 0 Å². The number of ether oxygens (including phenoxy) is 1. The molecule has 4 nitrogen and oxygen atoms in total. The molecule has 2 aliphatic carbocycles. The molecule has 3 heterocycles. The van der Waals surface area contributed by atoms with E-state index < -0.39 is 0 Å². The number of piperidine rings is 1. The molecule has 2 saturated carbocycles. The van der Waals surface area contributed by atoms with Crippen LogP contribution >= 0.6 is 0 Å². The Morgan fingerprint density at radius 2 is 2.11 bits per heavy atom. The van der Waals surface area contributed by atoms with E-state index in [4.69, 9.17) is 4.74 Å². The van der Waals surface area contributed by atoms with E-state index in [1.807, 2.05) is 0 Å². The molecule has 144 valence electrons. The summed E-state index contributed by atoms with van der Waals surface area (Å²) in [6.45, 7) is 8.66. The number of esters is 1. The van der Waals surface area contributed by atoms with E-state index >= 15 is 0 Å². The fourth-order valence-corrected chi connectivity index (χ4v) is 9.47. The predicted octanol–water partition coefficient (Wildman–Crippen LogP) is 3.32. The number of nitrogens with one attached hydrogen (secondary N) is 1. The Balaban J connectivity index is 1.68. The maximum Gasteiger partial charge on any atom is 0.311 e. The first-order chi connectivity index (χ1) is 13.0. The van der Waals surface area contributed by atoms with Gasteiger partial charge in [-0.25, -0.2) is 0 Å². The van der Waals surface area contributed by atoms with Crippen LogP contribution in [0, 0.1) is 17.3 Å². The van der Waals surface area contributed by atoms with Gasteiger partial charge in [0.15, 0.2) is 0 Å². The summed E-state index contributed by atoms with van der Waals surface area (Å²) < 4.78 is 6.66. The van der Waals surface area contributed by atoms with Gasteiger partial charge in [-0.1, -0.05) is 25.1 Å². The monoisotopic (exact) mass is 367 g/mol. The van der Waals surface area contributed by atoms with Crippen molar-refractivity contribution in [3.8, 4) is 0 Å². The number of para-hydroxylation sites is 1. The van der Waals surface area contributed by atoms with Crippen molar-refractivity contribution in [2.24, 2.45) is 17.3 Å². The summed E-state index contributed by atoms with van der Waals surface area (Å²) in [4.78, 5) is 13.1. The van der Waals surface area contributed by atoms with Crippen molar-refractivity contribution in [1.29, 1.82) is 0 Å². The first-order valence-corrected chi connectivity index (χ1v) is 10.8. The van der Waals surface area contributed by atoms with Crippen molar-refractivity contribution in [3.05, 3.63) is 29.8 Å². The van der Waals surface area contributed by atoms with Crippen molar-refractivity contribution >= 4 is 11.7 Å². The summed E-state index contributed by atoms with van der Waals surface area (Å²) in [6, 6.07) is 9.58. The van der Waals surface area contributed by atoms with E-state index in [1.165, 1.54) is 54.6 Å². The number of quaternary nitrogens is 1. The predicted molar refractivity (Wildman–Crippen MR) is 104 cm³/mol. The molecule has 0 unspecified atom stereocenters. The van der Waals surface area contributed by atoms with Gasteiger partial charge in [0.2, 0.25) is 0 Å². The minimum atomic E-state index is -0.173. The number of likely N-dealkylation sites (N-methyl/N-ethyl adjacent to an activating group) is 1. The Labute approximate surface area is 161 Å². The summed E-state index contributed by atoms with van der Waals surface area (Å²) in [5.41, 5.74) is 2.94. The normalized spacial score (nSPS) is 50.7. The van der Waals surface area contributed by atoms with Gasteiger partial charge in [0.05, 0.1) is 43.6 Å². The highest BCUT2D eigenvalue weighted by atomic mass is 16.5. The zero-order valence-electron chi connectivity index (χ0n) is 16.8. The van der Waals surface area contributed by atoms with E-state index in [-0.39, 0.29) is 28.3 Å². The van der Waals surface area contributed by atoms with Gasteiger partial charge >= 0.3 is 5.97 Å². The molecule has 27 heavy (non-hydrogen) atoms. The molecule has 1 aromatic carbocycles. The molecule has 0 aromatic heterocycles. The smallest absolute Gasteiger partial charge is 0.311 e. The number of hydrogen-bond acceptors (Lipinski definition) is 3. The quantitative estimate of drug-likeness (QED) is 0.644. The van der Waals surface area contributed by atoms with Gasteiger partial charge in [-0.3, -0.25) is 4.79 Å². The van der Waals surface area contributed by atoms with Crippen molar-refractivity contribution in [2.75, 3.05) is 32.1 Å². The fraction of sp³-hybridized carbons (Fsp3) is 0.696. The number of carbonyl (C=O) groups is 1. The van der Waals surface area contributed by atoms with Crippen LogP contribution in [-0.2, 0) is 14.9 Å². The Bertz CT molecular complexity index is 855. The Morgan fingerprint density at radius 3 is 2.89 bits per heavy atom. The van der Waals surface area contributed by atoms with Gasteiger partial charge in [-0.05, 0) is 43.7 Å². The standard InChI is InChI=1S/C23H31N2O2/c1-4-25-12-7-10-21-14-17(19(26)27-3)23(15(21)2)22(11-13-25,20(21)25)16-8-5-6-9-18(16)24-23/h5-6,8-9,15,17,20,24H,4,7,10-14H2,1-3H3/q+1/t15-,17-,20-,21-,22-,23+,25+/m1/s1. The number of nitrogens with zero attached hydrogens (tertiary/aromatic N) is 1. The third-order valence-electron chi connectivity index (χ3n) is 10.0. The topological polar surface area (TPSA) is 38.3 Å². The van der Waals surface area contributed by atoms with Gasteiger partial charge in [-0.2, -0.15) is 0 Å². The Morgan fingerprint density at radius 1 is 1.30 bits per heavy atom. The molecule has 2 saturated heterocycles. The second-order valence-electron chi connectivity index (χ2n) is 9.98. The lowest BCUT2D eigenvalue weighted by Gasteiger charge is -2.55. The van der Waals surface area contributed by atoms with E-state index in [9.17, 15) is 4.79 Å². The lowest BCUT2D eigenvalue weighted by Crippen LogP contribution is -2.68. The molecule has 0 amide bonds. The van der Waals surface area contributed by atoms with Crippen LogP contribution in [-0.4, -0.2) is 48.8 Å². The van der Waals surface area contributed by atoms with Crippen molar-refractivity contribution in [2.45, 2.75) is 56.5 Å². The summed E-state index contributed by atoms with van der Waals surface area (Å²) in [5, 5.41) is 4.02. The zero-order valence-corrected chi connectivity index (χ0v) is 16.8. The number of hydrogen-bond donors (Lipinski definition) is 1. The van der Waals surface area contributed by atoms with Crippen LogP contribution in [0.1, 0.15) is 45.1 Å². The van der Waals surface area contributed by atoms with Crippen molar-refractivity contribution in [3.63, 3.8) is 0 Å². The number of methoxy groups -OCH3 is 1. The molecular weight excluding hydrogens is 336 g/mol. The fourth-order valence-electron chi connectivity index (χ4n) is 9.47. The molecule has 3 aliphatic heterocycles. The molecule has 4 fully saturated rings. The maximum absolute atomic E-state index is 13.1. The molecule has 5 aliphatic rings. The van der Waals surface area contributed by atoms with Crippen molar-refractivity contribution in [1.82, 2.24) is 0 Å². The highest BCUT2D eigenvalue weighted by Crippen LogP contribution is 2.81. The SMILES string of the molecule is CC[N@+]12CCC[C@]34C[C@H](C(=O)OC)[C@@]5(Nc6ccccc6[C@]5(CC1)[C@@H]32)[C@@H]4C. The minimum absolute atomic E-state index is 0.00364. The van der Waals surface area contributed by atoms with E-state index in [1.54, 1.807) is 7.11 Å². The van der Waals surface area contributed by atoms with Crippen LogP contribution in [0.4, 0.5) is 5.69 Å². The zero-order chi connectivity index (χ0) is 18.7. The van der Waals surface area contributed by atoms with E-state index in [2.05, 4.69) is 43.4 Å². The number of carbonyl (C=O) groups excluding carboxylic acids is 1. The van der Waals surface area contributed by atoms with Crippen LogP contribution in [0.2, 0.25) is 0 Å². The third kappa shape index (κ3) is 1.38. The molecule has 1 aromatic rings. The van der Waals surface area contributed by atoms with Crippen LogP contribution in [0.15, 0.2) is 24.3 Å². The van der Waals surface area contributed by atoms with Crippen LogP contribution < -0.4 is 5.32 Å². The maximum atomic E-state index is 13.1. The van der Waals surface area contributed by atoms with E-state index in [0.717, 1.165) is 6.42 Å². The summed E-state index contributed by atoms with van der Waals surface area (Å²) in [5.74, 6) is 0.469. The summed E-state index contributed by atoms with van der Waals surface area (Å²) in [6.07, 6.45) is 4.79. The summed E-state index contributed by atoms with van der Waals surface area (Å²) in [7, 11) is 1.57. The number of fused-ring (bicyclic) bond motifs is 1. The molecule has 4 heteroatoms. The van der Waals surface area contributed by atoms with Gasteiger partial charge in [0.25, 0.3) is 0 Å². The number of anilines is 1. The third-order valence-corrected chi connectivity index (χ3v) is 10.0. The van der Waals surface area contributed by atoms with Crippen LogP contribution in [0.25, 0.3) is 0 Å². The second kappa shape index (κ2) is 4.71. The first-order valence-electron chi connectivity index (χ1n) is 10.8. The molecule has 3 spiro atoms. The molecule has 7 atom stereocenters. The second-order valence-corrected chi connectivity index (χ2v) is 9.98. The highest BCUT2D eigenvalue weighted by Gasteiger charge is 2.90. The average Bonchev–Trinajstić information content (AvgIpc) is 3.34. The highest BCUT2D eigenvalue weighted by molar-refractivity contribution is 5.82. The lowest BCUT2D eigenvalue weighted by molar-refractivity contribution is -0.952. The van der Waals surface area contributed by atoms with Gasteiger partial charge in [-0.15, -0.1) is 0 Å². The Hall–Kier alpha value is -1.55. The number of benzene rings is 1. The molecule has 0 radical (unpaired) electrons. The minimum Gasteiger partial charge on any atom is -0.469 e. The molecule has 6 rings (SSSR count). The molecular formula is C23H31N2O2+. The first kappa shape index (κ1) is 16.4. The number of rotatable bonds is 2. The van der Waals surface area contributed by atoms with Gasteiger partial charge in [0, 0.05) is 17.5 Å².